The topological polar surface area (TPSA) is 49.6 Å². The molecule has 0 aliphatic carbocycles. The number of carbonyl (C=O) groups is 1. The average molecular weight is 362 g/mol. The zero-order valence-corrected chi connectivity index (χ0v) is 15.8. The molecule has 2 N–H and O–H groups in total. The van der Waals surface area contributed by atoms with E-state index in [-0.39, 0.29) is 42.8 Å². The summed E-state index contributed by atoms with van der Waals surface area (Å²) in [5.41, 5.74) is 8.19. The van der Waals surface area contributed by atoms with Gasteiger partial charge in [-0.1, -0.05) is 12.1 Å². The van der Waals surface area contributed by atoms with Crippen molar-refractivity contribution < 1.29 is 4.79 Å². The number of nitrogens with two attached hydrogens (primary N) is 1. The van der Waals surface area contributed by atoms with Crippen LogP contribution in [-0.4, -0.2) is 37.5 Å². The zero-order valence-electron chi connectivity index (χ0n) is 14.2. The van der Waals surface area contributed by atoms with Crippen LogP contribution in [0.5, 0.6) is 0 Å². The van der Waals surface area contributed by atoms with Gasteiger partial charge in [0.25, 0.3) is 0 Å². The Bertz CT molecular complexity index is 494. The monoisotopic (exact) mass is 361 g/mol. The fraction of sp³-hybridized carbons (Fsp3) is 0.588. The van der Waals surface area contributed by atoms with Crippen molar-refractivity contribution in [3.05, 3.63) is 29.8 Å². The zero-order chi connectivity index (χ0) is 15.4. The van der Waals surface area contributed by atoms with E-state index in [0.717, 1.165) is 25.8 Å². The summed E-state index contributed by atoms with van der Waals surface area (Å²) < 4.78 is 0. The standard InChI is InChI=1S/C17H27N3O.2ClH/c1-13(18)9-10-17(21)20-11-5-8-16(20)14-6-4-7-15(12-14)19(2)3;;/h4,6-7,12-13,16H,5,8-11,18H2,1-3H3;2*1H. The first-order valence-electron chi connectivity index (χ1n) is 7.81. The molecule has 0 radical (unpaired) electrons. The van der Waals surface area contributed by atoms with Gasteiger partial charge in [0.05, 0.1) is 6.04 Å². The average Bonchev–Trinajstić information content (AvgIpc) is 2.94. The maximum absolute atomic E-state index is 12.4. The number of carbonyl (C=O) groups excluding carboxylic acids is 1. The number of anilines is 1. The van der Waals surface area contributed by atoms with Gasteiger partial charge >= 0.3 is 0 Å². The first-order valence-corrected chi connectivity index (χ1v) is 7.81. The molecule has 2 rings (SSSR count). The summed E-state index contributed by atoms with van der Waals surface area (Å²) in [5, 5.41) is 0. The van der Waals surface area contributed by atoms with Crippen LogP contribution in [0, 0.1) is 0 Å². The van der Waals surface area contributed by atoms with Gasteiger partial charge in [-0.3, -0.25) is 4.79 Å². The second-order valence-corrected chi connectivity index (χ2v) is 6.25. The van der Waals surface area contributed by atoms with Crippen molar-refractivity contribution in [3.8, 4) is 0 Å². The fourth-order valence-corrected chi connectivity index (χ4v) is 2.92. The van der Waals surface area contributed by atoms with Crippen LogP contribution in [-0.2, 0) is 4.79 Å². The van der Waals surface area contributed by atoms with Crippen LogP contribution in [0.15, 0.2) is 24.3 Å². The van der Waals surface area contributed by atoms with Gasteiger partial charge < -0.3 is 15.5 Å². The van der Waals surface area contributed by atoms with Gasteiger partial charge in [0.2, 0.25) is 5.91 Å². The highest BCUT2D eigenvalue weighted by atomic mass is 35.5. The molecule has 4 nitrogen and oxygen atoms in total. The molecule has 1 aliphatic rings. The summed E-state index contributed by atoms with van der Waals surface area (Å²) in [6, 6.07) is 8.82. The first-order chi connectivity index (χ1) is 9.99. The van der Waals surface area contributed by atoms with Gasteiger partial charge in [-0.05, 0) is 43.9 Å². The summed E-state index contributed by atoms with van der Waals surface area (Å²) in [6.07, 6.45) is 3.46. The van der Waals surface area contributed by atoms with Gasteiger partial charge in [0, 0.05) is 38.8 Å². The second-order valence-electron chi connectivity index (χ2n) is 6.25. The number of benzene rings is 1. The third-order valence-corrected chi connectivity index (χ3v) is 4.16. The van der Waals surface area contributed by atoms with E-state index >= 15 is 0 Å². The number of likely N-dealkylation sites (tertiary alicyclic amines) is 1. The maximum atomic E-state index is 12.4. The quantitative estimate of drug-likeness (QED) is 0.874. The summed E-state index contributed by atoms with van der Waals surface area (Å²) in [5.74, 6) is 0.241. The Balaban J connectivity index is 0.00000242. The smallest absolute Gasteiger partial charge is 0.223 e. The minimum absolute atomic E-state index is 0. The number of hydrogen-bond acceptors (Lipinski definition) is 3. The van der Waals surface area contributed by atoms with Crippen molar-refractivity contribution in [2.75, 3.05) is 25.5 Å². The third kappa shape index (κ3) is 5.87. The fourth-order valence-electron chi connectivity index (χ4n) is 2.92. The molecule has 0 spiro atoms. The molecule has 132 valence electrons. The van der Waals surface area contributed by atoms with Crippen molar-refractivity contribution in [2.24, 2.45) is 5.73 Å². The lowest BCUT2D eigenvalue weighted by Crippen LogP contribution is -2.31. The SMILES string of the molecule is CC(N)CCC(=O)N1CCCC1c1cccc(N(C)C)c1.Cl.Cl. The van der Waals surface area contributed by atoms with Gasteiger partial charge in [-0.15, -0.1) is 24.8 Å². The summed E-state index contributed by atoms with van der Waals surface area (Å²) >= 11 is 0. The molecule has 1 aromatic rings. The molecular weight excluding hydrogens is 333 g/mol. The number of nitrogens with zero attached hydrogens (tertiary/aromatic N) is 2. The predicted molar refractivity (Wildman–Crippen MR) is 102 cm³/mol. The van der Waals surface area contributed by atoms with Crippen LogP contribution >= 0.6 is 24.8 Å². The normalized spacial score (nSPS) is 17.9. The molecule has 1 aliphatic heterocycles. The van der Waals surface area contributed by atoms with Gasteiger partial charge in [0.1, 0.15) is 0 Å². The van der Waals surface area contributed by atoms with Gasteiger partial charge in [-0.25, -0.2) is 0 Å². The molecule has 2 atom stereocenters. The molecule has 0 aromatic heterocycles. The van der Waals surface area contributed by atoms with E-state index in [0.29, 0.717) is 6.42 Å². The van der Waals surface area contributed by atoms with Crippen molar-refractivity contribution in [1.29, 1.82) is 0 Å². The summed E-state index contributed by atoms with van der Waals surface area (Å²) in [6.45, 7) is 2.82. The molecule has 1 heterocycles. The van der Waals surface area contributed by atoms with E-state index < -0.39 is 0 Å². The first kappa shape index (κ1) is 22.0. The summed E-state index contributed by atoms with van der Waals surface area (Å²) in [7, 11) is 4.08. The molecule has 0 saturated carbocycles. The maximum Gasteiger partial charge on any atom is 0.223 e. The number of rotatable bonds is 5. The predicted octanol–water partition coefficient (Wildman–Crippen LogP) is 3.39. The van der Waals surface area contributed by atoms with Crippen LogP contribution < -0.4 is 10.6 Å². The van der Waals surface area contributed by atoms with Gasteiger partial charge in [0.15, 0.2) is 0 Å². The Morgan fingerprint density at radius 1 is 1.39 bits per heavy atom. The van der Waals surface area contributed by atoms with Crippen molar-refractivity contribution in [3.63, 3.8) is 0 Å². The minimum Gasteiger partial charge on any atom is -0.378 e. The van der Waals surface area contributed by atoms with E-state index in [1.165, 1.54) is 11.3 Å². The highest BCUT2D eigenvalue weighted by Crippen LogP contribution is 2.34. The molecule has 1 fully saturated rings. The van der Waals surface area contributed by atoms with Crippen molar-refractivity contribution in [1.82, 2.24) is 4.90 Å². The van der Waals surface area contributed by atoms with Crippen molar-refractivity contribution >= 4 is 36.4 Å². The Morgan fingerprint density at radius 3 is 2.70 bits per heavy atom. The lowest BCUT2D eigenvalue weighted by molar-refractivity contribution is -0.132. The van der Waals surface area contributed by atoms with Crippen molar-refractivity contribution in [2.45, 2.75) is 44.7 Å². The molecule has 1 amide bonds. The molecule has 23 heavy (non-hydrogen) atoms. The largest absolute Gasteiger partial charge is 0.378 e. The molecule has 1 aromatic carbocycles. The third-order valence-electron chi connectivity index (χ3n) is 4.16. The molecule has 2 unspecified atom stereocenters. The van der Waals surface area contributed by atoms with Crippen LogP contribution in [0.2, 0.25) is 0 Å². The Kier molecular flexibility index (Phi) is 9.59. The van der Waals surface area contributed by atoms with E-state index in [2.05, 4.69) is 29.2 Å². The molecule has 6 heteroatoms. The minimum atomic E-state index is 0. The molecular formula is C17H29Cl2N3O. The van der Waals surface area contributed by atoms with E-state index in [1.54, 1.807) is 0 Å². The Labute approximate surface area is 152 Å². The van der Waals surface area contributed by atoms with E-state index in [4.69, 9.17) is 5.73 Å². The van der Waals surface area contributed by atoms with Gasteiger partial charge in [-0.2, -0.15) is 0 Å². The van der Waals surface area contributed by atoms with E-state index in [1.807, 2.05) is 25.9 Å². The van der Waals surface area contributed by atoms with Crippen LogP contribution in [0.1, 0.15) is 44.2 Å². The highest BCUT2D eigenvalue weighted by molar-refractivity contribution is 5.85. The highest BCUT2D eigenvalue weighted by Gasteiger charge is 2.29. The summed E-state index contributed by atoms with van der Waals surface area (Å²) in [4.78, 5) is 16.5. The lowest BCUT2D eigenvalue weighted by atomic mass is 10.0. The van der Waals surface area contributed by atoms with Crippen LogP contribution in [0.25, 0.3) is 0 Å². The number of hydrogen-bond donors (Lipinski definition) is 1. The number of halogens is 2. The van der Waals surface area contributed by atoms with E-state index in [9.17, 15) is 4.79 Å². The second kappa shape index (κ2) is 10.0. The number of amides is 1. The lowest BCUT2D eigenvalue weighted by Gasteiger charge is -2.26. The Hall–Kier alpha value is -0.970. The Morgan fingerprint density at radius 2 is 2.09 bits per heavy atom. The van der Waals surface area contributed by atoms with Crippen LogP contribution in [0.3, 0.4) is 0 Å². The molecule has 0 bridgehead atoms. The van der Waals surface area contributed by atoms with Crippen LogP contribution in [0.4, 0.5) is 5.69 Å². The molecule has 1 saturated heterocycles.